The van der Waals surface area contributed by atoms with Crippen molar-refractivity contribution in [2.45, 2.75) is 19.8 Å². The number of fused-ring (bicyclic) bond motifs is 3. The van der Waals surface area contributed by atoms with Crippen LogP contribution in [0.4, 0.5) is 0 Å². The maximum absolute atomic E-state index is 12.4. The Morgan fingerprint density at radius 1 is 1.16 bits per heavy atom. The second-order valence-corrected chi connectivity index (χ2v) is 6.19. The minimum atomic E-state index is -0.267. The number of amides is 1. The normalized spacial score (nSPS) is 12.7. The highest BCUT2D eigenvalue weighted by Gasteiger charge is 2.24. The molecule has 3 aromatic rings. The first-order valence-electron chi connectivity index (χ1n) is 8.28. The molecule has 5 nitrogen and oxygen atoms in total. The largest absolute Gasteiger partial charge is 0.289 e. The molecule has 124 valence electrons. The van der Waals surface area contributed by atoms with Crippen molar-refractivity contribution in [3.8, 4) is 11.3 Å². The first kappa shape index (κ1) is 15.3. The summed E-state index contributed by atoms with van der Waals surface area (Å²) in [4.78, 5) is 12.4. The van der Waals surface area contributed by atoms with Crippen LogP contribution in [0.2, 0.25) is 0 Å². The van der Waals surface area contributed by atoms with E-state index in [1.807, 2.05) is 49.4 Å². The van der Waals surface area contributed by atoms with Crippen molar-refractivity contribution in [1.29, 1.82) is 0 Å². The van der Waals surface area contributed by atoms with Gasteiger partial charge in [-0.25, -0.2) is 5.43 Å². The quantitative estimate of drug-likeness (QED) is 0.572. The predicted molar refractivity (Wildman–Crippen MR) is 97.7 cm³/mol. The van der Waals surface area contributed by atoms with E-state index >= 15 is 0 Å². The Hall–Kier alpha value is -3.21. The minimum absolute atomic E-state index is 0.267. The number of aromatic nitrogens is 2. The van der Waals surface area contributed by atoms with Gasteiger partial charge in [-0.2, -0.15) is 10.2 Å². The molecular weight excluding hydrogens is 312 g/mol. The van der Waals surface area contributed by atoms with Gasteiger partial charge in [-0.3, -0.25) is 9.89 Å². The summed E-state index contributed by atoms with van der Waals surface area (Å²) in [6, 6.07) is 16.1. The van der Waals surface area contributed by atoms with Gasteiger partial charge in [-0.05, 0) is 30.9 Å². The van der Waals surface area contributed by atoms with Crippen LogP contribution in [0, 0.1) is 6.92 Å². The number of benzene rings is 2. The fourth-order valence-corrected chi connectivity index (χ4v) is 3.12. The van der Waals surface area contributed by atoms with Gasteiger partial charge in [0.2, 0.25) is 0 Å². The fourth-order valence-electron chi connectivity index (χ4n) is 3.12. The van der Waals surface area contributed by atoms with Gasteiger partial charge < -0.3 is 0 Å². The number of aromatic amines is 1. The molecule has 0 unspecified atom stereocenters. The maximum atomic E-state index is 12.4. The summed E-state index contributed by atoms with van der Waals surface area (Å²) in [5, 5.41) is 11.3. The van der Waals surface area contributed by atoms with E-state index in [2.05, 4.69) is 26.8 Å². The molecule has 0 spiro atoms. The number of hydrogen-bond donors (Lipinski definition) is 2. The number of H-pyrrole nitrogens is 1. The third kappa shape index (κ3) is 2.96. The number of nitrogens with one attached hydrogen (secondary N) is 2. The maximum Gasteiger partial charge on any atom is 0.289 e. The highest BCUT2D eigenvalue weighted by Crippen LogP contribution is 2.33. The molecule has 5 heteroatoms. The average molecular weight is 330 g/mol. The molecule has 4 rings (SSSR count). The molecule has 2 N–H and O–H groups in total. The topological polar surface area (TPSA) is 70.1 Å². The number of aryl methyl sites for hydroxylation is 2. The number of nitrogens with zero attached hydrogens (tertiary/aromatic N) is 2. The van der Waals surface area contributed by atoms with Crippen LogP contribution in [0.3, 0.4) is 0 Å². The highest BCUT2D eigenvalue weighted by atomic mass is 16.2. The number of carbonyl (C=O) groups excluding carboxylic acids is 1. The molecule has 2 aromatic carbocycles. The summed E-state index contributed by atoms with van der Waals surface area (Å²) in [6.45, 7) is 2.03. The molecule has 1 heterocycles. The lowest BCUT2D eigenvalue weighted by molar-refractivity contribution is 0.0949. The molecule has 25 heavy (non-hydrogen) atoms. The van der Waals surface area contributed by atoms with Gasteiger partial charge in [0.1, 0.15) is 5.69 Å². The van der Waals surface area contributed by atoms with Crippen LogP contribution in [0.1, 0.15) is 32.7 Å². The van der Waals surface area contributed by atoms with Crippen LogP contribution in [0.15, 0.2) is 53.6 Å². The Morgan fingerprint density at radius 2 is 1.96 bits per heavy atom. The third-order valence-electron chi connectivity index (χ3n) is 4.47. The van der Waals surface area contributed by atoms with Crippen LogP contribution >= 0.6 is 0 Å². The Balaban J connectivity index is 1.53. The van der Waals surface area contributed by atoms with E-state index < -0.39 is 0 Å². The van der Waals surface area contributed by atoms with E-state index in [1.54, 1.807) is 6.21 Å². The molecule has 0 saturated heterocycles. The Labute approximate surface area is 145 Å². The van der Waals surface area contributed by atoms with Crippen molar-refractivity contribution in [2.75, 3.05) is 0 Å². The highest BCUT2D eigenvalue weighted by molar-refractivity contribution is 5.96. The molecule has 0 atom stereocenters. The summed E-state index contributed by atoms with van der Waals surface area (Å²) in [5.74, 6) is -0.267. The number of rotatable bonds is 3. The van der Waals surface area contributed by atoms with Crippen LogP contribution in [0.25, 0.3) is 11.3 Å². The summed E-state index contributed by atoms with van der Waals surface area (Å²) in [6.07, 6.45) is 3.35. The summed E-state index contributed by atoms with van der Waals surface area (Å²) in [5.41, 5.74) is 9.39. The number of hydrogen-bond acceptors (Lipinski definition) is 3. The summed E-state index contributed by atoms with van der Waals surface area (Å²) in [7, 11) is 0. The van der Waals surface area contributed by atoms with E-state index in [0.717, 1.165) is 35.2 Å². The third-order valence-corrected chi connectivity index (χ3v) is 4.47. The second kappa shape index (κ2) is 6.36. The number of carbonyl (C=O) groups is 1. The smallest absolute Gasteiger partial charge is 0.272 e. The van der Waals surface area contributed by atoms with Crippen molar-refractivity contribution in [3.05, 3.63) is 76.5 Å². The molecule has 1 aromatic heterocycles. The van der Waals surface area contributed by atoms with E-state index in [0.29, 0.717) is 5.69 Å². The molecule has 1 amide bonds. The lowest BCUT2D eigenvalue weighted by Gasteiger charge is -2.15. The van der Waals surface area contributed by atoms with E-state index in [9.17, 15) is 4.79 Å². The standard InChI is InChI=1S/C20H18N4O/c1-13-6-8-14(9-7-13)12-21-24-20(25)19-17-11-10-15-4-2-3-5-16(15)18(17)22-23-19/h2-9,12H,10-11H2,1H3,(H,22,23)(H,24,25)/b21-12-. The van der Waals surface area contributed by atoms with Crippen molar-refractivity contribution < 1.29 is 4.79 Å². The second-order valence-electron chi connectivity index (χ2n) is 6.19. The van der Waals surface area contributed by atoms with Crippen molar-refractivity contribution >= 4 is 12.1 Å². The lowest BCUT2D eigenvalue weighted by atomic mass is 9.89. The molecular formula is C20H18N4O. The van der Waals surface area contributed by atoms with Crippen LogP contribution in [0.5, 0.6) is 0 Å². The SMILES string of the molecule is Cc1ccc(/C=N\NC(=O)c2[nH]nc3c2CCc2ccccc2-3)cc1. The van der Waals surface area contributed by atoms with E-state index in [-0.39, 0.29) is 5.91 Å². The van der Waals surface area contributed by atoms with Gasteiger partial charge in [0.05, 0.1) is 11.9 Å². The van der Waals surface area contributed by atoms with Gasteiger partial charge in [0.25, 0.3) is 5.91 Å². The van der Waals surface area contributed by atoms with Crippen molar-refractivity contribution in [3.63, 3.8) is 0 Å². The fraction of sp³-hybridized carbons (Fsp3) is 0.150. The molecule has 0 saturated carbocycles. The van der Waals surface area contributed by atoms with Crippen LogP contribution < -0.4 is 5.43 Å². The van der Waals surface area contributed by atoms with Gasteiger partial charge in [0, 0.05) is 11.1 Å². The summed E-state index contributed by atoms with van der Waals surface area (Å²) < 4.78 is 0. The molecule has 1 aliphatic rings. The van der Waals surface area contributed by atoms with Crippen LogP contribution in [-0.4, -0.2) is 22.3 Å². The first-order chi connectivity index (χ1) is 12.2. The van der Waals surface area contributed by atoms with Gasteiger partial charge in [-0.1, -0.05) is 54.1 Å². The molecule has 0 fully saturated rings. The van der Waals surface area contributed by atoms with Crippen molar-refractivity contribution in [2.24, 2.45) is 5.10 Å². The zero-order chi connectivity index (χ0) is 17.2. The Kier molecular flexibility index (Phi) is 3.90. The molecule has 0 aliphatic heterocycles. The predicted octanol–water partition coefficient (Wildman–Crippen LogP) is 3.25. The van der Waals surface area contributed by atoms with Gasteiger partial charge in [-0.15, -0.1) is 0 Å². The van der Waals surface area contributed by atoms with E-state index in [4.69, 9.17) is 0 Å². The number of hydrazone groups is 1. The van der Waals surface area contributed by atoms with Crippen molar-refractivity contribution in [1.82, 2.24) is 15.6 Å². The Morgan fingerprint density at radius 3 is 2.80 bits per heavy atom. The van der Waals surface area contributed by atoms with E-state index in [1.165, 1.54) is 11.1 Å². The minimum Gasteiger partial charge on any atom is -0.272 e. The first-order valence-corrected chi connectivity index (χ1v) is 8.28. The lowest BCUT2D eigenvalue weighted by Crippen LogP contribution is -2.20. The Bertz CT molecular complexity index is 954. The molecule has 0 bridgehead atoms. The zero-order valence-electron chi connectivity index (χ0n) is 13.9. The average Bonchev–Trinajstić information content (AvgIpc) is 3.08. The van der Waals surface area contributed by atoms with Gasteiger partial charge in [0.15, 0.2) is 0 Å². The zero-order valence-corrected chi connectivity index (χ0v) is 13.9. The van der Waals surface area contributed by atoms with Gasteiger partial charge >= 0.3 is 0 Å². The molecule has 0 radical (unpaired) electrons. The van der Waals surface area contributed by atoms with Crippen LogP contribution in [-0.2, 0) is 12.8 Å². The molecule has 1 aliphatic carbocycles. The monoisotopic (exact) mass is 330 g/mol. The summed E-state index contributed by atoms with van der Waals surface area (Å²) >= 11 is 0.